The Morgan fingerprint density at radius 3 is 2.63 bits per heavy atom. The lowest BCUT2D eigenvalue weighted by Crippen LogP contribution is -2.70. The lowest BCUT2D eigenvalue weighted by Gasteiger charge is -2.59. The number of fused-ring (bicyclic) bond motifs is 2. The molecule has 1 saturated carbocycles. The van der Waals surface area contributed by atoms with Gasteiger partial charge in [-0.2, -0.15) is 0 Å². The lowest BCUT2D eigenvalue weighted by molar-refractivity contribution is -0.576. The van der Waals surface area contributed by atoms with Crippen LogP contribution in [0.25, 0.3) is 0 Å². The van der Waals surface area contributed by atoms with E-state index in [0.717, 1.165) is 19.3 Å². The second kappa shape index (κ2) is 6.69. The second-order valence-electron chi connectivity index (χ2n) is 8.66. The van der Waals surface area contributed by atoms with Gasteiger partial charge in [0.2, 0.25) is 12.1 Å². The van der Waals surface area contributed by atoms with Gasteiger partial charge in [-0.3, -0.25) is 9.59 Å². The number of hydrogen-bond donors (Lipinski definition) is 1. The predicted molar refractivity (Wildman–Crippen MR) is 89.8 cm³/mol. The molecule has 5 fully saturated rings. The van der Waals surface area contributed by atoms with Crippen molar-refractivity contribution in [1.82, 2.24) is 0 Å². The molecule has 5 aliphatic rings. The van der Waals surface area contributed by atoms with Crippen LogP contribution in [0.5, 0.6) is 0 Å². The molecule has 0 aromatic rings. The predicted octanol–water partition coefficient (Wildman–Crippen LogP) is 2.60. The smallest absolute Gasteiger partial charge is 0.308 e. The van der Waals surface area contributed by atoms with Crippen molar-refractivity contribution in [3.05, 3.63) is 0 Å². The number of carbonyl (C=O) groups is 2. The first-order valence-electron chi connectivity index (χ1n) is 9.86. The van der Waals surface area contributed by atoms with Gasteiger partial charge in [0.15, 0.2) is 11.9 Å². The van der Waals surface area contributed by atoms with Gasteiger partial charge in [0.1, 0.15) is 0 Å². The van der Waals surface area contributed by atoms with E-state index in [1.165, 1.54) is 0 Å². The van der Waals surface area contributed by atoms with E-state index >= 15 is 0 Å². The minimum Gasteiger partial charge on any atom is -0.481 e. The first-order valence-corrected chi connectivity index (χ1v) is 9.86. The van der Waals surface area contributed by atoms with Gasteiger partial charge < -0.3 is 19.3 Å². The van der Waals surface area contributed by atoms with Gasteiger partial charge in [-0.15, -0.1) is 0 Å². The van der Waals surface area contributed by atoms with Crippen molar-refractivity contribution in [3.8, 4) is 0 Å². The highest BCUT2D eigenvalue weighted by molar-refractivity contribution is 5.76. The fourth-order valence-corrected chi connectivity index (χ4v) is 5.40. The van der Waals surface area contributed by atoms with E-state index in [0.29, 0.717) is 12.3 Å². The summed E-state index contributed by atoms with van der Waals surface area (Å²) in [5, 5.41) is 8.76. The van der Waals surface area contributed by atoms with E-state index < -0.39 is 35.9 Å². The maximum atomic E-state index is 12.1. The third kappa shape index (κ3) is 3.06. The van der Waals surface area contributed by atoms with Crippen LogP contribution in [0.1, 0.15) is 59.3 Å². The minimum absolute atomic E-state index is 0.0670. The van der Waals surface area contributed by atoms with Crippen LogP contribution in [0.4, 0.5) is 0 Å². The molecule has 0 amide bonds. The van der Waals surface area contributed by atoms with Gasteiger partial charge in [0, 0.05) is 18.3 Å². The molecule has 4 aliphatic heterocycles. The molecule has 4 heterocycles. The highest BCUT2D eigenvalue weighted by Crippen LogP contribution is 2.60. The molecule has 5 rings (SSSR count). The van der Waals surface area contributed by atoms with Crippen LogP contribution in [-0.4, -0.2) is 41.0 Å². The number of hydrogen-bond acceptors (Lipinski definition) is 7. The molecule has 152 valence electrons. The van der Waals surface area contributed by atoms with E-state index in [1.807, 2.05) is 13.8 Å². The van der Waals surface area contributed by atoms with Crippen molar-refractivity contribution in [1.29, 1.82) is 0 Å². The van der Waals surface area contributed by atoms with Crippen LogP contribution in [0.2, 0.25) is 0 Å². The summed E-state index contributed by atoms with van der Waals surface area (Å²) >= 11 is 0. The number of ether oxygens (including phenoxy) is 3. The van der Waals surface area contributed by atoms with Gasteiger partial charge in [-0.25, -0.2) is 9.78 Å². The molecule has 8 heteroatoms. The Morgan fingerprint density at radius 1 is 1.11 bits per heavy atom. The number of rotatable bonds is 4. The Kier molecular flexibility index (Phi) is 4.73. The van der Waals surface area contributed by atoms with E-state index in [-0.39, 0.29) is 30.6 Å². The van der Waals surface area contributed by atoms with Crippen molar-refractivity contribution in [3.63, 3.8) is 0 Å². The SMILES string of the molecule is C[C@H]1[C@@H](OC(=O)CCC(=O)O)OC2O[C@@]3(C)CC[C@H]4[C@H](C)CC[C@@H]1[C@@]24OO3. The highest BCUT2D eigenvalue weighted by atomic mass is 17.3. The Hall–Kier alpha value is -1.22. The maximum Gasteiger partial charge on any atom is 0.308 e. The van der Waals surface area contributed by atoms with Crippen molar-refractivity contribution >= 4 is 11.9 Å². The molecule has 1 N–H and O–H groups in total. The first kappa shape index (κ1) is 19.1. The van der Waals surface area contributed by atoms with Gasteiger partial charge in [-0.1, -0.05) is 13.8 Å². The number of carbonyl (C=O) groups excluding carboxylic acids is 1. The zero-order chi connectivity index (χ0) is 19.4. The topological polar surface area (TPSA) is 101 Å². The van der Waals surface area contributed by atoms with Crippen LogP contribution < -0.4 is 0 Å². The van der Waals surface area contributed by atoms with Gasteiger partial charge in [0.05, 0.1) is 12.8 Å². The number of carboxylic acids is 1. The Balaban J connectivity index is 1.58. The summed E-state index contributed by atoms with van der Waals surface area (Å²) < 4.78 is 17.8. The average molecular weight is 384 g/mol. The number of carboxylic acid groups (broad SMARTS) is 1. The number of esters is 1. The van der Waals surface area contributed by atoms with Crippen LogP contribution in [0.3, 0.4) is 0 Å². The quantitative estimate of drug-likeness (QED) is 0.583. The van der Waals surface area contributed by atoms with E-state index in [9.17, 15) is 9.59 Å². The molecule has 0 aromatic carbocycles. The third-order valence-electron chi connectivity index (χ3n) is 6.89. The summed E-state index contributed by atoms with van der Waals surface area (Å²) in [5.74, 6) is -1.82. The summed E-state index contributed by atoms with van der Waals surface area (Å²) in [5.41, 5.74) is -0.697. The summed E-state index contributed by atoms with van der Waals surface area (Å²) in [6.45, 7) is 6.06. The van der Waals surface area contributed by atoms with Crippen LogP contribution in [0.15, 0.2) is 0 Å². The molecule has 8 nitrogen and oxygen atoms in total. The summed E-state index contributed by atoms with van der Waals surface area (Å²) in [4.78, 5) is 34.5. The van der Waals surface area contributed by atoms with Crippen LogP contribution >= 0.6 is 0 Å². The molecular formula is C19H28O8. The molecule has 4 saturated heterocycles. The van der Waals surface area contributed by atoms with E-state index in [1.54, 1.807) is 0 Å². The van der Waals surface area contributed by atoms with Gasteiger partial charge >= 0.3 is 11.9 Å². The molecule has 27 heavy (non-hydrogen) atoms. The minimum atomic E-state index is -1.03. The lowest BCUT2D eigenvalue weighted by atomic mass is 9.58. The molecule has 1 unspecified atom stereocenters. The van der Waals surface area contributed by atoms with Crippen LogP contribution in [-0.2, 0) is 33.6 Å². The Bertz CT molecular complexity index is 623. The summed E-state index contributed by atoms with van der Waals surface area (Å²) in [7, 11) is 0. The Labute approximate surface area is 158 Å². The maximum absolute atomic E-state index is 12.1. The molecule has 1 aliphatic carbocycles. The molecule has 0 aromatic heterocycles. The molecular weight excluding hydrogens is 356 g/mol. The van der Waals surface area contributed by atoms with Crippen molar-refractivity contribution < 1.29 is 38.7 Å². The zero-order valence-corrected chi connectivity index (χ0v) is 16.0. The first-order chi connectivity index (χ1) is 12.7. The molecule has 8 atom stereocenters. The van der Waals surface area contributed by atoms with E-state index in [2.05, 4.69) is 6.92 Å². The highest BCUT2D eigenvalue weighted by Gasteiger charge is 2.69. The molecule has 2 bridgehead atoms. The normalized spacial score (nSPS) is 48.4. The Morgan fingerprint density at radius 2 is 1.89 bits per heavy atom. The summed E-state index contributed by atoms with van der Waals surface area (Å²) in [6.07, 6.45) is 1.72. The van der Waals surface area contributed by atoms with E-state index in [4.69, 9.17) is 29.1 Å². The number of aliphatic carboxylic acids is 1. The monoisotopic (exact) mass is 384 g/mol. The largest absolute Gasteiger partial charge is 0.481 e. The van der Waals surface area contributed by atoms with Crippen LogP contribution in [0, 0.1) is 23.7 Å². The fourth-order valence-electron chi connectivity index (χ4n) is 5.40. The van der Waals surface area contributed by atoms with Crippen molar-refractivity contribution in [2.75, 3.05) is 0 Å². The van der Waals surface area contributed by atoms with Crippen molar-refractivity contribution in [2.45, 2.75) is 83.3 Å². The van der Waals surface area contributed by atoms with Gasteiger partial charge in [-0.05, 0) is 38.0 Å². The standard InChI is InChI=1S/C19H28O8/c1-10-4-5-13-11(2)16(23-15(22)7-6-14(20)21)24-17-19(13)12(10)8-9-18(3,25-17)26-27-19/h10-13,16-17H,4-9H2,1-3H3,(H,20,21)/t10-,11-,12+,13+,16+,17?,18-,19-/m1/s1. The average Bonchev–Trinajstić information content (AvgIpc) is 2.84. The van der Waals surface area contributed by atoms with Crippen molar-refractivity contribution in [2.24, 2.45) is 23.7 Å². The second-order valence-corrected chi connectivity index (χ2v) is 8.66. The molecule has 0 radical (unpaired) electrons. The molecule has 1 spiro atoms. The zero-order valence-electron chi connectivity index (χ0n) is 16.0. The van der Waals surface area contributed by atoms with Gasteiger partial charge in [0.25, 0.3) is 0 Å². The fraction of sp³-hybridized carbons (Fsp3) is 0.895. The summed E-state index contributed by atoms with van der Waals surface area (Å²) in [6, 6.07) is 0. The third-order valence-corrected chi connectivity index (χ3v) is 6.89.